The number of hydrogen-bond acceptors (Lipinski definition) is 4. The molecule has 30 heavy (non-hydrogen) atoms. The van der Waals surface area contributed by atoms with Gasteiger partial charge in [-0.15, -0.1) is 0 Å². The third kappa shape index (κ3) is 5.88. The number of hydrogen-bond donors (Lipinski definition) is 1. The van der Waals surface area contributed by atoms with E-state index in [0.29, 0.717) is 18.0 Å². The fraction of sp³-hybridized carbons (Fsp3) is 0.423. The fourth-order valence-corrected chi connectivity index (χ4v) is 3.89. The number of benzene rings is 2. The Morgan fingerprint density at radius 3 is 2.33 bits per heavy atom. The highest BCUT2D eigenvalue weighted by atomic mass is 16.5. The molecule has 0 aliphatic carbocycles. The lowest BCUT2D eigenvalue weighted by Gasteiger charge is -2.16. The van der Waals surface area contributed by atoms with Crippen molar-refractivity contribution in [3.63, 3.8) is 0 Å². The standard InChI is InChI=1S/C26H34N2O2/c1-20-16-17-28-25-22(27)19-23(29-2)26(24(20)25)30-18-12-7-5-3-4-6-9-13-21-14-10-8-11-15-21/h8,10-11,14-17,19H,3-7,9,12-13,18,27H2,1-2H3. The van der Waals surface area contributed by atoms with E-state index in [-0.39, 0.29) is 0 Å². The van der Waals surface area contributed by atoms with Crippen LogP contribution in [0.25, 0.3) is 10.9 Å². The SMILES string of the molecule is COc1cc(N)c2nccc(C)c2c1OCCCCCCCCCc1ccccc1. The molecular formula is C26H34N2O2. The van der Waals surface area contributed by atoms with E-state index < -0.39 is 0 Å². The summed E-state index contributed by atoms with van der Waals surface area (Å²) in [4.78, 5) is 4.43. The number of aryl methyl sites for hydroxylation is 2. The zero-order valence-corrected chi connectivity index (χ0v) is 18.3. The molecule has 2 aromatic carbocycles. The monoisotopic (exact) mass is 406 g/mol. The Hall–Kier alpha value is -2.75. The van der Waals surface area contributed by atoms with Gasteiger partial charge >= 0.3 is 0 Å². The van der Waals surface area contributed by atoms with Gasteiger partial charge in [-0.25, -0.2) is 0 Å². The number of rotatable bonds is 12. The van der Waals surface area contributed by atoms with Crippen molar-refractivity contribution in [1.29, 1.82) is 0 Å². The molecule has 160 valence electrons. The van der Waals surface area contributed by atoms with E-state index >= 15 is 0 Å². The van der Waals surface area contributed by atoms with Crippen LogP contribution in [0.15, 0.2) is 48.7 Å². The van der Waals surface area contributed by atoms with Crippen LogP contribution >= 0.6 is 0 Å². The number of methoxy groups -OCH3 is 1. The highest BCUT2D eigenvalue weighted by Gasteiger charge is 2.15. The average Bonchev–Trinajstić information content (AvgIpc) is 2.77. The minimum atomic E-state index is 0.616. The lowest BCUT2D eigenvalue weighted by Crippen LogP contribution is -2.03. The Morgan fingerprint density at radius 2 is 1.60 bits per heavy atom. The molecule has 0 aliphatic heterocycles. The largest absolute Gasteiger partial charge is 0.493 e. The van der Waals surface area contributed by atoms with Crippen LogP contribution in [0, 0.1) is 6.92 Å². The number of anilines is 1. The van der Waals surface area contributed by atoms with E-state index in [9.17, 15) is 0 Å². The van der Waals surface area contributed by atoms with Crippen molar-refractivity contribution in [1.82, 2.24) is 4.98 Å². The molecule has 0 bridgehead atoms. The summed E-state index contributed by atoms with van der Waals surface area (Å²) in [6.07, 6.45) is 11.7. The lowest BCUT2D eigenvalue weighted by molar-refractivity contribution is 0.288. The number of nitrogens with two attached hydrogens (primary N) is 1. The van der Waals surface area contributed by atoms with Crippen molar-refractivity contribution in [3.8, 4) is 11.5 Å². The molecule has 0 unspecified atom stereocenters. The van der Waals surface area contributed by atoms with Gasteiger partial charge in [-0.2, -0.15) is 0 Å². The van der Waals surface area contributed by atoms with E-state index in [1.54, 1.807) is 19.4 Å². The quantitative estimate of drug-likeness (QED) is 0.276. The number of unbranched alkanes of at least 4 members (excludes halogenated alkanes) is 6. The first-order valence-electron chi connectivity index (χ1n) is 11.1. The van der Waals surface area contributed by atoms with Crippen LogP contribution in [0.4, 0.5) is 5.69 Å². The van der Waals surface area contributed by atoms with Gasteiger partial charge in [0.25, 0.3) is 0 Å². The van der Waals surface area contributed by atoms with E-state index in [1.165, 1.54) is 50.5 Å². The Morgan fingerprint density at radius 1 is 0.900 bits per heavy atom. The fourth-order valence-electron chi connectivity index (χ4n) is 3.89. The minimum absolute atomic E-state index is 0.616. The molecule has 0 amide bonds. The first-order valence-corrected chi connectivity index (χ1v) is 11.1. The van der Waals surface area contributed by atoms with E-state index in [2.05, 4.69) is 35.3 Å². The second-order valence-electron chi connectivity index (χ2n) is 7.91. The van der Waals surface area contributed by atoms with Gasteiger partial charge in [0, 0.05) is 12.3 Å². The van der Waals surface area contributed by atoms with Gasteiger partial charge in [-0.05, 0) is 43.4 Å². The van der Waals surface area contributed by atoms with Crippen molar-refractivity contribution in [2.75, 3.05) is 19.5 Å². The predicted molar refractivity (Wildman–Crippen MR) is 125 cm³/mol. The summed E-state index contributed by atoms with van der Waals surface area (Å²) in [6.45, 7) is 2.73. The Balaban J connectivity index is 1.38. The van der Waals surface area contributed by atoms with Crippen LogP contribution in [0.2, 0.25) is 0 Å². The topological polar surface area (TPSA) is 57.4 Å². The predicted octanol–water partition coefficient (Wildman–Crippen LogP) is 6.49. The molecule has 4 heteroatoms. The number of nitrogen functional groups attached to an aromatic ring is 1. The van der Waals surface area contributed by atoms with E-state index in [0.717, 1.165) is 28.6 Å². The van der Waals surface area contributed by atoms with Crippen LogP contribution in [0.5, 0.6) is 11.5 Å². The first kappa shape index (κ1) is 21.9. The summed E-state index contributed by atoms with van der Waals surface area (Å²) in [7, 11) is 1.65. The van der Waals surface area contributed by atoms with Gasteiger partial charge in [0.2, 0.25) is 0 Å². The Labute approximate surface area is 180 Å². The van der Waals surface area contributed by atoms with Crippen LogP contribution in [0.3, 0.4) is 0 Å². The summed E-state index contributed by atoms with van der Waals surface area (Å²) in [5.41, 5.74) is 10.1. The second kappa shape index (κ2) is 11.4. The summed E-state index contributed by atoms with van der Waals surface area (Å²) in [5, 5.41) is 0.952. The molecule has 0 atom stereocenters. The Bertz CT molecular complexity index is 925. The second-order valence-corrected chi connectivity index (χ2v) is 7.91. The molecular weight excluding hydrogens is 372 g/mol. The molecule has 1 heterocycles. The minimum Gasteiger partial charge on any atom is -0.493 e. The van der Waals surface area contributed by atoms with Crippen LogP contribution in [-0.2, 0) is 6.42 Å². The molecule has 0 spiro atoms. The van der Waals surface area contributed by atoms with Crippen molar-refractivity contribution in [2.24, 2.45) is 0 Å². The number of pyridine rings is 1. The molecule has 0 fully saturated rings. The molecule has 3 aromatic rings. The lowest BCUT2D eigenvalue weighted by atomic mass is 10.0. The molecule has 0 radical (unpaired) electrons. The van der Waals surface area contributed by atoms with Gasteiger partial charge in [-0.1, -0.05) is 62.4 Å². The van der Waals surface area contributed by atoms with Gasteiger partial charge in [0.1, 0.15) is 0 Å². The maximum Gasteiger partial charge on any atom is 0.170 e. The van der Waals surface area contributed by atoms with Gasteiger partial charge in [0.05, 0.1) is 30.3 Å². The summed E-state index contributed by atoms with van der Waals surface area (Å²) >= 11 is 0. The smallest absolute Gasteiger partial charge is 0.170 e. The summed E-state index contributed by atoms with van der Waals surface area (Å²) in [6, 6.07) is 14.5. The molecule has 2 N–H and O–H groups in total. The van der Waals surface area contributed by atoms with Gasteiger partial charge < -0.3 is 15.2 Å². The van der Waals surface area contributed by atoms with Crippen molar-refractivity contribution >= 4 is 16.6 Å². The van der Waals surface area contributed by atoms with Gasteiger partial charge in [-0.3, -0.25) is 4.98 Å². The van der Waals surface area contributed by atoms with Crippen molar-refractivity contribution in [3.05, 3.63) is 59.8 Å². The van der Waals surface area contributed by atoms with Crippen molar-refractivity contribution in [2.45, 2.75) is 58.3 Å². The van der Waals surface area contributed by atoms with Crippen LogP contribution in [0.1, 0.15) is 56.1 Å². The Kier molecular flexibility index (Phi) is 8.37. The van der Waals surface area contributed by atoms with Crippen LogP contribution < -0.4 is 15.2 Å². The zero-order valence-electron chi connectivity index (χ0n) is 18.3. The molecule has 0 saturated heterocycles. The van der Waals surface area contributed by atoms with Crippen molar-refractivity contribution < 1.29 is 9.47 Å². The summed E-state index contributed by atoms with van der Waals surface area (Å²) < 4.78 is 11.7. The normalized spacial score (nSPS) is 11.0. The van der Waals surface area contributed by atoms with E-state index in [1.807, 2.05) is 13.0 Å². The summed E-state index contributed by atoms with van der Waals surface area (Å²) in [5.74, 6) is 1.43. The third-order valence-corrected chi connectivity index (χ3v) is 5.59. The third-order valence-electron chi connectivity index (χ3n) is 5.59. The number of nitrogens with zero attached hydrogens (tertiary/aromatic N) is 1. The maximum absolute atomic E-state index is 6.15. The molecule has 0 aliphatic rings. The first-order chi connectivity index (χ1) is 14.7. The number of ether oxygens (including phenoxy) is 2. The number of aromatic nitrogens is 1. The molecule has 1 aromatic heterocycles. The molecule has 4 nitrogen and oxygen atoms in total. The average molecular weight is 407 g/mol. The molecule has 0 saturated carbocycles. The molecule has 3 rings (SSSR count). The van der Waals surface area contributed by atoms with Crippen LogP contribution in [-0.4, -0.2) is 18.7 Å². The highest BCUT2D eigenvalue weighted by Crippen LogP contribution is 2.40. The van der Waals surface area contributed by atoms with Gasteiger partial charge in [0.15, 0.2) is 11.5 Å². The number of fused-ring (bicyclic) bond motifs is 1. The highest BCUT2D eigenvalue weighted by molar-refractivity contribution is 5.98. The van der Waals surface area contributed by atoms with E-state index in [4.69, 9.17) is 15.2 Å². The zero-order chi connectivity index (χ0) is 21.2. The maximum atomic E-state index is 6.15.